The molecule has 0 aromatic heterocycles. The number of hydrogen-bond acceptors (Lipinski definition) is 6. The first kappa shape index (κ1) is 51.2. The molecule has 0 aliphatic carbocycles. The summed E-state index contributed by atoms with van der Waals surface area (Å²) in [7, 11) is 1.67. The van der Waals surface area contributed by atoms with E-state index in [0.29, 0.717) is 24.1 Å². The standard InChI is InChI=1S/C43H86NO7P/c1-6-8-10-12-14-16-18-20-21-22-23-25-27-29-31-33-35-38-48-40-42(41-50-52(46,47)49-39-37-44(3,4)5)51-43(45)36-34-32-30-28-26-24-19-17-15-13-11-9-7-2/h21-22,42H,6-20,23-41H2,1-5H3/p+1/b22-21-. The van der Waals surface area contributed by atoms with Gasteiger partial charge in [0.2, 0.25) is 0 Å². The second kappa shape index (κ2) is 37.2. The van der Waals surface area contributed by atoms with Gasteiger partial charge in [0.1, 0.15) is 19.3 Å². The number of ether oxygens (including phenoxy) is 2. The third kappa shape index (κ3) is 40.4. The van der Waals surface area contributed by atoms with Gasteiger partial charge in [-0.1, -0.05) is 167 Å². The summed E-state index contributed by atoms with van der Waals surface area (Å²) in [6.45, 7) is 5.64. The Morgan fingerprint density at radius 3 is 1.46 bits per heavy atom. The molecule has 2 unspecified atom stereocenters. The summed E-state index contributed by atoms with van der Waals surface area (Å²) < 4.78 is 35.0. The Balaban J connectivity index is 4.21. The lowest BCUT2D eigenvalue weighted by atomic mass is 10.0. The van der Waals surface area contributed by atoms with Crippen molar-refractivity contribution in [2.75, 3.05) is 54.1 Å². The van der Waals surface area contributed by atoms with Gasteiger partial charge in [0.25, 0.3) is 0 Å². The van der Waals surface area contributed by atoms with Gasteiger partial charge in [-0.05, 0) is 38.5 Å². The van der Waals surface area contributed by atoms with Gasteiger partial charge >= 0.3 is 13.8 Å². The van der Waals surface area contributed by atoms with Crippen molar-refractivity contribution < 1.29 is 37.3 Å². The van der Waals surface area contributed by atoms with E-state index in [2.05, 4.69) is 26.0 Å². The highest BCUT2D eigenvalue weighted by molar-refractivity contribution is 7.47. The summed E-state index contributed by atoms with van der Waals surface area (Å²) in [6, 6.07) is 0. The third-order valence-electron chi connectivity index (χ3n) is 9.58. The monoisotopic (exact) mass is 761 g/mol. The summed E-state index contributed by atoms with van der Waals surface area (Å²) in [6.07, 6.45) is 39.5. The Labute approximate surface area is 322 Å². The fraction of sp³-hybridized carbons (Fsp3) is 0.930. The van der Waals surface area contributed by atoms with Gasteiger partial charge in [0.05, 0.1) is 34.4 Å². The summed E-state index contributed by atoms with van der Waals surface area (Å²) >= 11 is 0. The minimum atomic E-state index is -4.27. The highest BCUT2D eigenvalue weighted by atomic mass is 31.2. The van der Waals surface area contributed by atoms with Crippen LogP contribution in [0.2, 0.25) is 0 Å². The molecular formula is C43H87NO7P+. The minimum Gasteiger partial charge on any atom is -0.457 e. The van der Waals surface area contributed by atoms with Crippen molar-refractivity contribution in [3.05, 3.63) is 12.2 Å². The number of phosphoric acid groups is 1. The van der Waals surface area contributed by atoms with Gasteiger partial charge in [0.15, 0.2) is 0 Å². The Kier molecular flexibility index (Phi) is 36.6. The quantitative estimate of drug-likeness (QED) is 0.0218. The van der Waals surface area contributed by atoms with E-state index in [4.69, 9.17) is 18.5 Å². The molecule has 0 fully saturated rings. The van der Waals surface area contributed by atoms with Gasteiger partial charge in [-0.2, -0.15) is 0 Å². The molecule has 8 nitrogen and oxygen atoms in total. The molecule has 0 aliphatic rings. The van der Waals surface area contributed by atoms with Crippen molar-refractivity contribution in [2.45, 2.75) is 206 Å². The second-order valence-corrected chi connectivity index (χ2v) is 17.5. The first-order valence-corrected chi connectivity index (χ1v) is 23.4. The van der Waals surface area contributed by atoms with Crippen LogP contribution in [0.4, 0.5) is 0 Å². The zero-order valence-electron chi connectivity index (χ0n) is 35.1. The molecule has 2 atom stereocenters. The molecular weight excluding hydrogens is 673 g/mol. The Morgan fingerprint density at radius 2 is 1.00 bits per heavy atom. The number of carbonyl (C=O) groups excluding carboxylic acids is 1. The summed E-state index contributed by atoms with van der Waals surface area (Å²) in [4.78, 5) is 22.8. The van der Waals surface area contributed by atoms with Crippen LogP contribution in [0.25, 0.3) is 0 Å². The molecule has 0 aliphatic heterocycles. The predicted molar refractivity (Wildman–Crippen MR) is 220 cm³/mol. The molecule has 0 spiro atoms. The molecule has 1 N–H and O–H groups in total. The van der Waals surface area contributed by atoms with Crippen molar-refractivity contribution in [3.8, 4) is 0 Å². The van der Waals surface area contributed by atoms with Crippen LogP contribution >= 0.6 is 7.82 Å². The fourth-order valence-corrected chi connectivity index (χ4v) is 6.88. The molecule has 0 rings (SSSR count). The Hall–Kier alpha value is -0.760. The lowest BCUT2D eigenvalue weighted by molar-refractivity contribution is -0.870. The fourth-order valence-electron chi connectivity index (χ4n) is 6.14. The zero-order valence-corrected chi connectivity index (χ0v) is 36.0. The van der Waals surface area contributed by atoms with E-state index in [0.717, 1.165) is 32.1 Å². The highest BCUT2D eigenvalue weighted by Crippen LogP contribution is 2.43. The van der Waals surface area contributed by atoms with Crippen LogP contribution in [0.3, 0.4) is 0 Å². The van der Waals surface area contributed by atoms with E-state index >= 15 is 0 Å². The van der Waals surface area contributed by atoms with Crippen LogP contribution < -0.4 is 0 Å². The van der Waals surface area contributed by atoms with E-state index in [1.165, 1.54) is 148 Å². The third-order valence-corrected chi connectivity index (χ3v) is 10.6. The lowest BCUT2D eigenvalue weighted by Crippen LogP contribution is -2.37. The number of unbranched alkanes of at least 4 members (excludes halogenated alkanes) is 25. The molecule has 310 valence electrons. The van der Waals surface area contributed by atoms with E-state index in [-0.39, 0.29) is 25.8 Å². The van der Waals surface area contributed by atoms with Gasteiger partial charge in [-0.3, -0.25) is 13.8 Å². The van der Waals surface area contributed by atoms with Crippen molar-refractivity contribution in [2.24, 2.45) is 0 Å². The molecule has 0 saturated heterocycles. The number of rotatable bonds is 41. The predicted octanol–water partition coefficient (Wildman–Crippen LogP) is 12.7. The van der Waals surface area contributed by atoms with Crippen LogP contribution in [-0.2, 0) is 27.9 Å². The van der Waals surface area contributed by atoms with Crippen molar-refractivity contribution in [1.29, 1.82) is 0 Å². The Morgan fingerprint density at radius 1 is 0.577 bits per heavy atom. The maximum absolute atomic E-state index is 12.7. The van der Waals surface area contributed by atoms with Gasteiger partial charge in [-0.25, -0.2) is 4.57 Å². The topological polar surface area (TPSA) is 91.3 Å². The first-order chi connectivity index (χ1) is 25.1. The summed E-state index contributed by atoms with van der Waals surface area (Å²) in [5.74, 6) is -0.313. The first-order valence-electron chi connectivity index (χ1n) is 21.9. The van der Waals surface area contributed by atoms with Crippen LogP contribution in [0, 0.1) is 0 Å². The van der Waals surface area contributed by atoms with Crippen LogP contribution in [-0.4, -0.2) is 75.6 Å². The number of carbonyl (C=O) groups is 1. The van der Waals surface area contributed by atoms with Crippen LogP contribution in [0.5, 0.6) is 0 Å². The van der Waals surface area contributed by atoms with E-state index in [9.17, 15) is 14.3 Å². The number of nitrogens with zero attached hydrogens (tertiary/aromatic N) is 1. The zero-order chi connectivity index (χ0) is 38.4. The molecule has 0 aromatic rings. The number of phosphoric ester groups is 1. The van der Waals surface area contributed by atoms with Crippen LogP contribution in [0.15, 0.2) is 12.2 Å². The maximum atomic E-state index is 12.7. The average molecular weight is 761 g/mol. The largest absolute Gasteiger partial charge is 0.472 e. The molecule has 0 aromatic carbocycles. The number of quaternary nitrogens is 1. The molecule has 0 bridgehead atoms. The minimum absolute atomic E-state index is 0.0906. The second-order valence-electron chi connectivity index (χ2n) is 16.1. The number of hydrogen-bond donors (Lipinski definition) is 1. The van der Waals surface area contributed by atoms with Crippen molar-refractivity contribution in [1.82, 2.24) is 0 Å². The van der Waals surface area contributed by atoms with E-state index in [1.54, 1.807) is 0 Å². The highest BCUT2D eigenvalue weighted by Gasteiger charge is 2.26. The summed E-state index contributed by atoms with van der Waals surface area (Å²) in [5.41, 5.74) is 0. The number of likely N-dealkylation sites (N-methyl/N-ethyl adjacent to an activating group) is 1. The van der Waals surface area contributed by atoms with Crippen LogP contribution in [0.1, 0.15) is 200 Å². The van der Waals surface area contributed by atoms with E-state index < -0.39 is 13.9 Å². The van der Waals surface area contributed by atoms with Gasteiger partial charge in [-0.15, -0.1) is 0 Å². The number of esters is 1. The summed E-state index contributed by atoms with van der Waals surface area (Å²) in [5, 5.41) is 0. The SMILES string of the molecule is CCCCCCCCC/C=C\CCCCCCCCOCC(COP(=O)(O)OCC[N+](C)(C)C)OC(=O)CCCCCCCCCCCCCCC. The Bertz CT molecular complexity index is 848. The lowest BCUT2D eigenvalue weighted by Gasteiger charge is -2.24. The molecule has 52 heavy (non-hydrogen) atoms. The maximum Gasteiger partial charge on any atom is 0.472 e. The number of allylic oxidation sites excluding steroid dienone is 2. The smallest absolute Gasteiger partial charge is 0.457 e. The van der Waals surface area contributed by atoms with Crippen molar-refractivity contribution >= 4 is 13.8 Å². The molecule has 0 saturated carbocycles. The van der Waals surface area contributed by atoms with Gasteiger partial charge < -0.3 is 18.9 Å². The molecule has 0 heterocycles. The molecule has 0 amide bonds. The molecule has 9 heteroatoms. The van der Waals surface area contributed by atoms with E-state index in [1.807, 2.05) is 21.1 Å². The average Bonchev–Trinajstić information content (AvgIpc) is 3.09. The molecule has 0 radical (unpaired) electrons. The van der Waals surface area contributed by atoms with Gasteiger partial charge in [0, 0.05) is 13.0 Å². The normalized spacial score (nSPS) is 13.9. The van der Waals surface area contributed by atoms with Crippen molar-refractivity contribution in [3.63, 3.8) is 0 Å².